The van der Waals surface area contributed by atoms with E-state index in [1.54, 1.807) is 11.8 Å². The lowest BCUT2D eigenvalue weighted by Crippen LogP contribution is -2.08. The molecule has 0 radical (unpaired) electrons. The number of hydrogen-bond acceptors (Lipinski definition) is 4. The van der Waals surface area contributed by atoms with Crippen molar-refractivity contribution in [2.24, 2.45) is 0 Å². The summed E-state index contributed by atoms with van der Waals surface area (Å²) in [7, 11) is 0. The molecule has 0 spiro atoms. The molecule has 0 unspecified atom stereocenters. The molecular formula is C16H21N3S. The molecule has 1 heterocycles. The summed E-state index contributed by atoms with van der Waals surface area (Å²) in [6.45, 7) is 7.22. The summed E-state index contributed by atoms with van der Waals surface area (Å²) in [5, 5.41) is 3.38. The zero-order valence-electron chi connectivity index (χ0n) is 12.3. The summed E-state index contributed by atoms with van der Waals surface area (Å²) < 4.78 is 0. The van der Waals surface area contributed by atoms with E-state index in [2.05, 4.69) is 53.4 Å². The monoisotopic (exact) mass is 287 g/mol. The van der Waals surface area contributed by atoms with Crippen LogP contribution in [0.4, 0.5) is 5.82 Å². The normalized spacial score (nSPS) is 10.6. The molecule has 0 saturated carbocycles. The minimum Gasteiger partial charge on any atom is -0.370 e. The van der Waals surface area contributed by atoms with Gasteiger partial charge in [0.25, 0.3) is 0 Å². The Hall–Kier alpha value is -1.55. The summed E-state index contributed by atoms with van der Waals surface area (Å²) in [5.74, 6) is 2.66. The van der Waals surface area contributed by atoms with Gasteiger partial charge in [0, 0.05) is 22.7 Å². The van der Waals surface area contributed by atoms with Crippen molar-refractivity contribution in [3.05, 3.63) is 47.4 Å². The van der Waals surface area contributed by atoms with Crippen LogP contribution in [0.15, 0.2) is 35.2 Å². The van der Waals surface area contributed by atoms with Crippen LogP contribution in [0.1, 0.15) is 30.4 Å². The molecule has 0 saturated heterocycles. The smallest absolute Gasteiger partial charge is 0.141 e. The van der Waals surface area contributed by atoms with Crippen LogP contribution in [0.25, 0.3) is 0 Å². The van der Waals surface area contributed by atoms with Crippen LogP contribution in [-0.4, -0.2) is 16.5 Å². The van der Waals surface area contributed by atoms with Gasteiger partial charge in [-0.25, -0.2) is 9.97 Å². The van der Waals surface area contributed by atoms with Gasteiger partial charge >= 0.3 is 0 Å². The van der Waals surface area contributed by atoms with Gasteiger partial charge in [-0.1, -0.05) is 25.1 Å². The Kier molecular flexibility index (Phi) is 5.41. The number of nitrogens with one attached hydrogen (secondary N) is 1. The van der Waals surface area contributed by atoms with E-state index in [0.717, 1.165) is 41.6 Å². The Balaban J connectivity index is 2.09. The average molecular weight is 287 g/mol. The molecule has 1 N–H and O–H groups in total. The van der Waals surface area contributed by atoms with E-state index in [4.69, 9.17) is 0 Å². The number of thioether (sulfide) groups is 1. The fourth-order valence-corrected chi connectivity index (χ4v) is 2.61. The second kappa shape index (κ2) is 7.29. The lowest BCUT2D eigenvalue weighted by molar-refractivity contribution is 0.928. The van der Waals surface area contributed by atoms with E-state index in [1.807, 2.05) is 13.0 Å². The molecule has 0 aliphatic rings. The maximum atomic E-state index is 4.64. The summed E-state index contributed by atoms with van der Waals surface area (Å²) in [6, 6.07) is 10.4. The summed E-state index contributed by atoms with van der Waals surface area (Å²) in [4.78, 5) is 10.5. The number of aromatic nitrogens is 2. The predicted octanol–water partition coefficient (Wildman–Crippen LogP) is 4.21. The van der Waals surface area contributed by atoms with Gasteiger partial charge in [-0.2, -0.15) is 0 Å². The predicted molar refractivity (Wildman–Crippen MR) is 86.3 cm³/mol. The topological polar surface area (TPSA) is 37.8 Å². The minimum absolute atomic E-state index is 0.798. The first-order chi connectivity index (χ1) is 9.70. The van der Waals surface area contributed by atoms with Gasteiger partial charge in [-0.05, 0) is 32.4 Å². The van der Waals surface area contributed by atoms with Crippen molar-refractivity contribution in [2.75, 3.05) is 11.9 Å². The van der Waals surface area contributed by atoms with Crippen molar-refractivity contribution in [3.8, 4) is 0 Å². The van der Waals surface area contributed by atoms with E-state index in [0.29, 0.717) is 0 Å². The van der Waals surface area contributed by atoms with E-state index in [1.165, 1.54) is 4.90 Å². The van der Waals surface area contributed by atoms with Gasteiger partial charge in [0.2, 0.25) is 0 Å². The Morgan fingerprint density at radius 1 is 1.10 bits per heavy atom. The number of nitrogens with zero attached hydrogens (tertiary/aromatic N) is 2. The zero-order valence-corrected chi connectivity index (χ0v) is 13.1. The van der Waals surface area contributed by atoms with Crippen LogP contribution in [-0.2, 0) is 5.75 Å². The van der Waals surface area contributed by atoms with Crippen molar-refractivity contribution in [3.63, 3.8) is 0 Å². The molecule has 106 valence electrons. The standard InChI is InChI=1S/C16H21N3S/c1-4-10-17-16-12(2)13(3)18-15(19-16)11-20-14-8-6-5-7-9-14/h5-9H,4,10-11H2,1-3H3,(H,17,18,19). The minimum atomic E-state index is 0.798. The van der Waals surface area contributed by atoms with Crippen LogP contribution in [0.3, 0.4) is 0 Å². The molecule has 0 aliphatic carbocycles. The van der Waals surface area contributed by atoms with Crippen LogP contribution in [0.5, 0.6) is 0 Å². The summed E-state index contributed by atoms with van der Waals surface area (Å²) >= 11 is 1.77. The van der Waals surface area contributed by atoms with Gasteiger partial charge < -0.3 is 5.32 Å². The van der Waals surface area contributed by atoms with Gasteiger partial charge in [0.15, 0.2) is 0 Å². The Morgan fingerprint density at radius 3 is 2.55 bits per heavy atom. The summed E-state index contributed by atoms with van der Waals surface area (Å²) in [6.07, 6.45) is 1.09. The molecule has 1 aromatic heterocycles. The summed E-state index contributed by atoms with van der Waals surface area (Å²) in [5.41, 5.74) is 2.20. The number of benzene rings is 1. The number of anilines is 1. The second-order valence-corrected chi connectivity index (χ2v) is 5.78. The molecule has 0 atom stereocenters. The largest absolute Gasteiger partial charge is 0.370 e. The first-order valence-corrected chi connectivity index (χ1v) is 7.95. The number of aryl methyl sites for hydroxylation is 1. The van der Waals surface area contributed by atoms with Crippen molar-refractivity contribution in [1.29, 1.82) is 0 Å². The molecule has 4 heteroatoms. The Morgan fingerprint density at radius 2 is 1.85 bits per heavy atom. The van der Waals surface area contributed by atoms with Crippen molar-refractivity contribution in [2.45, 2.75) is 37.8 Å². The van der Waals surface area contributed by atoms with Crippen LogP contribution < -0.4 is 5.32 Å². The lowest BCUT2D eigenvalue weighted by Gasteiger charge is -2.11. The molecule has 1 aromatic carbocycles. The third-order valence-corrected chi connectivity index (χ3v) is 4.10. The Bertz CT molecular complexity index is 555. The maximum Gasteiger partial charge on any atom is 0.141 e. The van der Waals surface area contributed by atoms with Gasteiger partial charge in [-0.15, -0.1) is 11.8 Å². The highest BCUT2D eigenvalue weighted by molar-refractivity contribution is 7.98. The lowest BCUT2D eigenvalue weighted by atomic mass is 10.2. The first kappa shape index (κ1) is 14.9. The van der Waals surface area contributed by atoms with E-state index in [-0.39, 0.29) is 0 Å². The van der Waals surface area contributed by atoms with E-state index < -0.39 is 0 Å². The van der Waals surface area contributed by atoms with Crippen LogP contribution in [0.2, 0.25) is 0 Å². The fourth-order valence-electron chi connectivity index (χ4n) is 1.83. The molecule has 0 fully saturated rings. The molecule has 0 bridgehead atoms. The van der Waals surface area contributed by atoms with Crippen molar-refractivity contribution in [1.82, 2.24) is 9.97 Å². The highest BCUT2D eigenvalue weighted by Crippen LogP contribution is 2.23. The highest BCUT2D eigenvalue weighted by Gasteiger charge is 2.08. The fraction of sp³-hybridized carbons (Fsp3) is 0.375. The van der Waals surface area contributed by atoms with Crippen molar-refractivity contribution >= 4 is 17.6 Å². The molecule has 3 nitrogen and oxygen atoms in total. The molecular weight excluding hydrogens is 266 g/mol. The van der Waals surface area contributed by atoms with Gasteiger partial charge in [0.1, 0.15) is 11.6 Å². The zero-order chi connectivity index (χ0) is 14.4. The SMILES string of the molecule is CCCNc1nc(CSc2ccccc2)nc(C)c1C. The molecule has 0 amide bonds. The van der Waals surface area contributed by atoms with Crippen molar-refractivity contribution < 1.29 is 0 Å². The van der Waals surface area contributed by atoms with Gasteiger partial charge in [0.05, 0.1) is 5.75 Å². The molecule has 2 rings (SSSR count). The third-order valence-electron chi connectivity index (χ3n) is 3.09. The third kappa shape index (κ3) is 3.97. The average Bonchev–Trinajstić information content (AvgIpc) is 2.48. The van der Waals surface area contributed by atoms with E-state index >= 15 is 0 Å². The Labute approximate surface area is 125 Å². The highest BCUT2D eigenvalue weighted by atomic mass is 32.2. The second-order valence-electron chi connectivity index (χ2n) is 4.73. The number of rotatable bonds is 6. The molecule has 20 heavy (non-hydrogen) atoms. The number of hydrogen-bond donors (Lipinski definition) is 1. The quantitative estimate of drug-likeness (QED) is 0.808. The molecule has 0 aliphatic heterocycles. The van der Waals surface area contributed by atoms with Crippen LogP contribution in [0, 0.1) is 13.8 Å². The van der Waals surface area contributed by atoms with E-state index in [9.17, 15) is 0 Å². The van der Waals surface area contributed by atoms with Crippen LogP contribution >= 0.6 is 11.8 Å². The van der Waals surface area contributed by atoms with Gasteiger partial charge in [-0.3, -0.25) is 0 Å². The molecule has 2 aromatic rings. The maximum absolute atomic E-state index is 4.64. The first-order valence-electron chi connectivity index (χ1n) is 6.96.